The van der Waals surface area contributed by atoms with Gasteiger partial charge in [-0.15, -0.1) is 11.3 Å². The number of carboxylic acids is 1. The topological polar surface area (TPSA) is 95.3 Å². The second-order valence-electron chi connectivity index (χ2n) is 6.53. The highest BCUT2D eigenvalue weighted by Gasteiger charge is 2.24. The molecule has 0 spiro atoms. The van der Waals surface area contributed by atoms with Gasteiger partial charge in [-0.2, -0.15) is 0 Å². The zero-order valence-corrected chi connectivity index (χ0v) is 16.5. The van der Waals surface area contributed by atoms with E-state index in [0.717, 1.165) is 32.6 Å². The summed E-state index contributed by atoms with van der Waals surface area (Å²) in [5.41, 5.74) is 2.40. The van der Waals surface area contributed by atoms with Gasteiger partial charge in [0.15, 0.2) is 6.04 Å². The molecule has 0 aliphatic carbocycles. The van der Waals surface area contributed by atoms with E-state index in [2.05, 4.69) is 22.2 Å². The van der Waals surface area contributed by atoms with Crippen molar-refractivity contribution >= 4 is 33.3 Å². The molecule has 0 fully saturated rings. The molecule has 146 valence electrons. The monoisotopic (exact) mass is 405 g/mol. The number of phenols is 1. The molecule has 7 heteroatoms. The summed E-state index contributed by atoms with van der Waals surface area (Å²) in [7, 11) is 0. The third-order valence-corrected chi connectivity index (χ3v) is 5.92. The van der Waals surface area contributed by atoms with E-state index in [-0.39, 0.29) is 5.75 Å². The molecule has 2 aromatic heterocycles. The van der Waals surface area contributed by atoms with Crippen molar-refractivity contribution in [3.05, 3.63) is 71.4 Å². The molecule has 2 heterocycles. The molecule has 2 aromatic carbocycles. The second kappa shape index (κ2) is 7.89. The minimum absolute atomic E-state index is 0.169. The standard InChI is InChI=1S/C22H19N3O3S/c1-2-16-17(14-9-6-10-15(26)11-14)18-20(23-12-24-21(18)29-16)25-19(22(27)28)13-7-4-3-5-8-13/h3-12,19,26H,2H2,1H3,(H,27,28)(H,23,24,25)/t19-/m0/s1. The van der Waals surface area contributed by atoms with Crippen molar-refractivity contribution in [3.8, 4) is 16.9 Å². The predicted octanol–water partition coefficient (Wildman–Crippen LogP) is 4.86. The summed E-state index contributed by atoms with van der Waals surface area (Å²) >= 11 is 1.55. The number of thiophene rings is 1. The van der Waals surface area contributed by atoms with Crippen LogP contribution in [0.1, 0.15) is 23.4 Å². The number of aromatic nitrogens is 2. The summed E-state index contributed by atoms with van der Waals surface area (Å²) in [5.74, 6) is -0.365. The van der Waals surface area contributed by atoms with E-state index in [1.54, 1.807) is 53.8 Å². The number of benzene rings is 2. The first-order valence-electron chi connectivity index (χ1n) is 9.18. The number of hydrogen-bond acceptors (Lipinski definition) is 6. The van der Waals surface area contributed by atoms with E-state index in [1.807, 2.05) is 12.1 Å². The Morgan fingerprint density at radius 1 is 1.14 bits per heavy atom. The minimum Gasteiger partial charge on any atom is -0.508 e. The number of carbonyl (C=O) groups is 1. The van der Waals surface area contributed by atoms with Crippen LogP contribution in [0, 0.1) is 0 Å². The number of aromatic hydroxyl groups is 1. The van der Waals surface area contributed by atoms with Gasteiger partial charge >= 0.3 is 5.97 Å². The van der Waals surface area contributed by atoms with E-state index >= 15 is 0 Å². The number of phenolic OH excluding ortho intramolecular Hbond substituents is 1. The molecular formula is C22H19N3O3S. The zero-order chi connectivity index (χ0) is 20.4. The number of carboxylic acid groups (broad SMARTS) is 1. The number of nitrogens with one attached hydrogen (secondary N) is 1. The number of nitrogens with zero attached hydrogens (tertiary/aromatic N) is 2. The van der Waals surface area contributed by atoms with Crippen LogP contribution in [-0.2, 0) is 11.2 Å². The van der Waals surface area contributed by atoms with Crippen LogP contribution < -0.4 is 5.32 Å². The first-order chi connectivity index (χ1) is 14.1. The fraction of sp³-hybridized carbons (Fsp3) is 0.136. The highest BCUT2D eigenvalue weighted by atomic mass is 32.1. The molecule has 0 radical (unpaired) electrons. The molecule has 0 saturated carbocycles. The van der Waals surface area contributed by atoms with Crippen molar-refractivity contribution in [1.29, 1.82) is 0 Å². The third kappa shape index (κ3) is 3.64. The number of fused-ring (bicyclic) bond motifs is 1. The van der Waals surface area contributed by atoms with E-state index in [4.69, 9.17) is 0 Å². The summed E-state index contributed by atoms with van der Waals surface area (Å²) in [6.45, 7) is 2.06. The van der Waals surface area contributed by atoms with Crippen LogP contribution in [0.25, 0.3) is 21.3 Å². The first-order valence-corrected chi connectivity index (χ1v) is 10.00. The first kappa shape index (κ1) is 18.9. The van der Waals surface area contributed by atoms with E-state index in [1.165, 1.54) is 6.33 Å². The lowest BCUT2D eigenvalue weighted by Gasteiger charge is -2.16. The van der Waals surface area contributed by atoms with Crippen molar-refractivity contribution in [2.75, 3.05) is 5.32 Å². The molecule has 0 bridgehead atoms. The Morgan fingerprint density at radius 2 is 1.93 bits per heavy atom. The molecule has 4 aromatic rings. The van der Waals surface area contributed by atoms with Crippen LogP contribution in [0.2, 0.25) is 0 Å². The highest BCUT2D eigenvalue weighted by Crippen LogP contribution is 2.42. The van der Waals surface area contributed by atoms with Crippen LogP contribution in [0.3, 0.4) is 0 Å². The Balaban J connectivity index is 1.89. The van der Waals surface area contributed by atoms with Crippen molar-refractivity contribution < 1.29 is 15.0 Å². The fourth-order valence-corrected chi connectivity index (χ4v) is 4.47. The summed E-state index contributed by atoms with van der Waals surface area (Å²) < 4.78 is 0. The average molecular weight is 405 g/mol. The van der Waals surface area contributed by atoms with Crippen LogP contribution in [0.15, 0.2) is 60.9 Å². The normalized spacial score (nSPS) is 12.0. The van der Waals surface area contributed by atoms with Gasteiger partial charge in [0.05, 0.1) is 5.39 Å². The predicted molar refractivity (Wildman–Crippen MR) is 114 cm³/mol. The fourth-order valence-electron chi connectivity index (χ4n) is 3.37. The van der Waals surface area contributed by atoms with E-state index in [0.29, 0.717) is 11.4 Å². The average Bonchev–Trinajstić information content (AvgIpc) is 3.12. The molecule has 6 nitrogen and oxygen atoms in total. The summed E-state index contributed by atoms with van der Waals surface area (Å²) in [5, 5.41) is 23.6. The molecular weight excluding hydrogens is 386 g/mol. The van der Waals surface area contributed by atoms with Crippen LogP contribution in [-0.4, -0.2) is 26.2 Å². The molecule has 0 aliphatic rings. The Morgan fingerprint density at radius 3 is 2.62 bits per heavy atom. The lowest BCUT2D eigenvalue weighted by atomic mass is 10.0. The number of hydrogen-bond donors (Lipinski definition) is 3. The third-order valence-electron chi connectivity index (χ3n) is 4.68. The molecule has 0 unspecified atom stereocenters. The summed E-state index contributed by atoms with van der Waals surface area (Å²) in [6, 6.07) is 15.1. The lowest BCUT2D eigenvalue weighted by Crippen LogP contribution is -2.21. The molecule has 1 atom stereocenters. The Bertz CT molecular complexity index is 1170. The van der Waals surface area contributed by atoms with Crippen LogP contribution in [0.4, 0.5) is 5.82 Å². The van der Waals surface area contributed by atoms with Crippen LogP contribution >= 0.6 is 11.3 Å². The summed E-state index contributed by atoms with van der Waals surface area (Å²) in [4.78, 5) is 22.6. The van der Waals surface area contributed by atoms with Crippen molar-refractivity contribution in [3.63, 3.8) is 0 Å². The Hall–Kier alpha value is -3.45. The SMILES string of the molecule is CCc1sc2ncnc(N[C@H](C(=O)O)c3ccccc3)c2c1-c1cccc(O)c1. The van der Waals surface area contributed by atoms with Gasteiger partial charge in [-0.1, -0.05) is 49.4 Å². The zero-order valence-electron chi connectivity index (χ0n) is 15.7. The molecule has 29 heavy (non-hydrogen) atoms. The van der Waals surface area contributed by atoms with Gasteiger partial charge in [-0.25, -0.2) is 14.8 Å². The Kier molecular flexibility index (Phi) is 5.14. The highest BCUT2D eigenvalue weighted by molar-refractivity contribution is 7.19. The van der Waals surface area contributed by atoms with Gasteiger partial charge in [0.1, 0.15) is 22.7 Å². The second-order valence-corrected chi connectivity index (χ2v) is 7.62. The molecule has 3 N–H and O–H groups in total. The Labute approximate surface area is 171 Å². The van der Waals surface area contributed by atoms with Gasteiger partial charge < -0.3 is 15.5 Å². The smallest absolute Gasteiger partial charge is 0.330 e. The van der Waals surface area contributed by atoms with Crippen LogP contribution in [0.5, 0.6) is 5.75 Å². The molecule has 0 amide bonds. The largest absolute Gasteiger partial charge is 0.508 e. The number of anilines is 1. The van der Waals surface area contributed by atoms with Crippen molar-refractivity contribution in [2.24, 2.45) is 0 Å². The number of aryl methyl sites for hydroxylation is 1. The van der Waals surface area contributed by atoms with Crippen molar-refractivity contribution in [1.82, 2.24) is 9.97 Å². The minimum atomic E-state index is -0.993. The molecule has 4 rings (SSSR count). The maximum absolute atomic E-state index is 12.0. The summed E-state index contributed by atoms with van der Waals surface area (Å²) in [6.07, 6.45) is 2.23. The van der Waals surface area contributed by atoms with Gasteiger partial charge in [-0.05, 0) is 29.7 Å². The lowest BCUT2D eigenvalue weighted by molar-refractivity contribution is -0.138. The molecule has 0 aliphatic heterocycles. The number of aliphatic carboxylic acids is 1. The van der Waals surface area contributed by atoms with Gasteiger partial charge in [-0.3, -0.25) is 0 Å². The maximum Gasteiger partial charge on any atom is 0.330 e. The quantitative estimate of drug-likeness (QED) is 0.424. The van der Waals surface area contributed by atoms with Gasteiger partial charge in [0.2, 0.25) is 0 Å². The maximum atomic E-state index is 12.0. The van der Waals surface area contributed by atoms with Gasteiger partial charge in [0, 0.05) is 10.4 Å². The van der Waals surface area contributed by atoms with E-state index in [9.17, 15) is 15.0 Å². The molecule has 0 saturated heterocycles. The number of rotatable bonds is 6. The van der Waals surface area contributed by atoms with Gasteiger partial charge in [0.25, 0.3) is 0 Å². The van der Waals surface area contributed by atoms with Crippen molar-refractivity contribution in [2.45, 2.75) is 19.4 Å². The van der Waals surface area contributed by atoms with E-state index < -0.39 is 12.0 Å².